The Balaban J connectivity index is 2.26. The van der Waals surface area contributed by atoms with Crippen LogP contribution in [0.4, 0.5) is 0 Å². The molecule has 0 fully saturated rings. The average molecular weight is 291 g/mol. The molecule has 0 bridgehead atoms. The normalized spacial score (nSPS) is 13.4. The molecular formula is C11H19BrN2S. The molecule has 0 saturated heterocycles. The second kappa shape index (κ2) is 6.63. The molecule has 1 aromatic heterocycles. The molecule has 0 saturated carbocycles. The summed E-state index contributed by atoms with van der Waals surface area (Å²) in [5.41, 5.74) is 5.71. The van der Waals surface area contributed by atoms with Crippen LogP contribution in [0.5, 0.6) is 0 Å². The van der Waals surface area contributed by atoms with E-state index < -0.39 is 0 Å². The third kappa shape index (κ3) is 4.64. The fraction of sp³-hybridized carbons (Fsp3) is 0.636. The van der Waals surface area contributed by atoms with Crippen LogP contribution in [0.25, 0.3) is 0 Å². The number of thiophene rings is 1. The van der Waals surface area contributed by atoms with Crippen LogP contribution in [0, 0.1) is 11.8 Å². The largest absolute Gasteiger partial charge is 0.330 e. The van der Waals surface area contributed by atoms with Crippen LogP contribution in [-0.4, -0.2) is 13.1 Å². The zero-order valence-corrected chi connectivity index (χ0v) is 11.7. The third-order valence-electron chi connectivity index (χ3n) is 2.58. The highest BCUT2D eigenvalue weighted by molar-refractivity contribution is 9.11. The van der Waals surface area contributed by atoms with Crippen LogP contribution in [-0.2, 0) is 6.54 Å². The fourth-order valence-electron chi connectivity index (χ4n) is 1.42. The van der Waals surface area contributed by atoms with Gasteiger partial charge in [-0.05, 0) is 53.0 Å². The van der Waals surface area contributed by atoms with Gasteiger partial charge in [0.15, 0.2) is 0 Å². The van der Waals surface area contributed by atoms with Crippen molar-refractivity contribution in [3.05, 3.63) is 20.8 Å². The minimum atomic E-state index is 0.577. The summed E-state index contributed by atoms with van der Waals surface area (Å²) in [4.78, 5) is 1.36. The Labute approximate surface area is 104 Å². The van der Waals surface area contributed by atoms with Crippen molar-refractivity contribution in [2.24, 2.45) is 17.6 Å². The second-order valence-corrected chi connectivity index (χ2v) is 6.62. The van der Waals surface area contributed by atoms with Crippen LogP contribution >= 0.6 is 27.3 Å². The molecule has 15 heavy (non-hydrogen) atoms. The molecule has 86 valence electrons. The maximum atomic E-state index is 5.71. The molecule has 3 N–H and O–H groups in total. The van der Waals surface area contributed by atoms with Crippen LogP contribution in [0.1, 0.15) is 18.7 Å². The molecule has 2 nitrogen and oxygen atoms in total. The van der Waals surface area contributed by atoms with E-state index >= 15 is 0 Å². The molecule has 0 aliphatic rings. The lowest BCUT2D eigenvalue weighted by Crippen LogP contribution is -2.31. The maximum absolute atomic E-state index is 5.71. The highest BCUT2D eigenvalue weighted by Gasteiger charge is 2.10. The summed E-state index contributed by atoms with van der Waals surface area (Å²) in [6.45, 7) is 7.16. The third-order valence-corrected chi connectivity index (χ3v) is 4.20. The molecule has 0 aliphatic carbocycles. The summed E-state index contributed by atoms with van der Waals surface area (Å²) in [5.74, 6) is 1.23. The zero-order valence-electron chi connectivity index (χ0n) is 9.29. The van der Waals surface area contributed by atoms with Gasteiger partial charge in [0.05, 0.1) is 3.79 Å². The summed E-state index contributed by atoms with van der Waals surface area (Å²) in [7, 11) is 0. The highest BCUT2D eigenvalue weighted by Crippen LogP contribution is 2.21. The molecule has 0 spiro atoms. The predicted octanol–water partition coefficient (Wildman–Crippen LogP) is 2.83. The molecule has 0 aliphatic heterocycles. The first-order chi connectivity index (χ1) is 7.13. The summed E-state index contributed by atoms with van der Waals surface area (Å²) in [5, 5.41) is 3.46. The van der Waals surface area contributed by atoms with E-state index in [4.69, 9.17) is 5.73 Å². The van der Waals surface area contributed by atoms with Crippen LogP contribution in [0.2, 0.25) is 0 Å². The second-order valence-electron chi connectivity index (χ2n) is 4.08. The van der Waals surface area contributed by atoms with Gasteiger partial charge in [0.1, 0.15) is 0 Å². The Bertz CT molecular complexity index is 286. The molecule has 0 amide bonds. The van der Waals surface area contributed by atoms with E-state index in [1.807, 2.05) is 0 Å². The summed E-state index contributed by atoms with van der Waals surface area (Å²) in [6, 6.07) is 4.24. The minimum absolute atomic E-state index is 0.577. The molecule has 4 heteroatoms. The quantitative estimate of drug-likeness (QED) is 0.846. The van der Waals surface area contributed by atoms with Crippen molar-refractivity contribution < 1.29 is 0 Å². The van der Waals surface area contributed by atoms with E-state index in [1.54, 1.807) is 11.3 Å². The Kier molecular flexibility index (Phi) is 5.82. The first-order valence-corrected chi connectivity index (χ1v) is 6.89. The van der Waals surface area contributed by atoms with E-state index in [0.29, 0.717) is 11.8 Å². The van der Waals surface area contributed by atoms with Gasteiger partial charge in [-0.15, -0.1) is 11.3 Å². The first kappa shape index (κ1) is 13.2. The van der Waals surface area contributed by atoms with Gasteiger partial charge in [-0.1, -0.05) is 13.8 Å². The van der Waals surface area contributed by atoms with Gasteiger partial charge in [-0.25, -0.2) is 0 Å². The van der Waals surface area contributed by atoms with Crippen molar-refractivity contribution in [1.82, 2.24) is 5.32 Å². The Morgan fingerprint density at radius 1 is 1.47 bits per heavy atom. The van der Waals surface area contributed by atoms with Crippen LogP contribution < -0.4 is 11.1 Å². The number of nitrogens with one attached hydrogen (secondary N) is 1. The molecule has 1 aromatic rings. The lowest BCUT2D eigenvalue weighted by Gasteiger charge is -2.18. The molecule has 1 unspecified atom stereocenters. The maximum Gasteiger partial charge on any atom is 0.0701 e. The van der Waals surface area contributed by atoms with Gasteiger partial charge in [0.25, 0.3) is 0 Å². The smallest absolute Gasteiger partial charge is 0.0701 e. The van der Waals surface area contributed by atoms with E-state index in [-0.39, 0.29) is 0 Å². The molecule has 0 radical (unpaired) electrons. The van der Waals surface area contributed by atoms with Crippen molar-refractivity contribution in [2.45, 2.75) is 20.4 Å². The molecule has 1 heterocycles. The standard InChI is InChI=1S/C11H19BrN2S/c1-8(2)9(5-13)6-14-7-10-3-4-11(12)15-10/h3-4,8-9,14H,5-7,13H2,1-2H3. The number of halogens is 1. The zero-order chi connectivity index (χ0) is 11.3. The Morgan fingerprint density at radius 2 is 2.20 bits per heavy atom. The molecule has 1 rings (SSSR count). The Hall–Kier alpha value is 0.1000. The van der Waals surface area contributed by atoms with Gasteiger partial charge < -0.3 is 11.1 Å². The van der Waals surface area contributed by atoms with Crippen molar-refractivity contribution in [3.63, 3.8) is 0 Å². The van der Waals surface area contributed by atoms with Crippen molar-refractivity contribution in [2.75, 3.05) is 13.1 Å². The van der Waals surface area contributed by atoms with Gasteiger partial charge in [-0.2, -0.15) is 0 Å². The van der Waals surface area contributed by atoms with Crippen molar-refractivity contribution >= 4 is 27.3 Å². The van der Waals surface area contributed by atoms with Gasteiger partial charge >= 0.3 is 0 Å². The monoisotopic (exact) mass is 290 g/mol. The average Bonchev–Trinajstić information content (AvgIpc) is 2.58. The van der Waals surface area contributed by atoms with Crippen LogP contribution in [0.15, 0.2) is 15.9 Å². The first-order valence-electron chi connectivity index (χ1n) is 5.28. The Morgan fingerprint density at radius 3 is 2.67 bits per heavy atom. The van der Waals surface area contributed by atoms with Gasteiger partial charge in [-0.3, -0.25) is 0 Å². The highest BCUT2D eigenvalue weighted by atomic mass is 79.9. The molecule has 1 atom stereocenters. The number of rotatable bonds is 6. The summed E-state index contributed by atoms with van der Waals surface area (Å²) >= 11 is 5.24. The molecular weight excluding hydrogens is 272 g/mol. The predicted molar refractivity (Wildman–Crippen MR) is 71.1 cm³/mol. The fourth-order valence-corrected chi connectivity index (χ4v) is 2.87. The molecule has 0 aromatic carbocycles. The van der Waals surface area contributed by atoms with E-state index in [2.05, 4.69) is 47.2 Å². The van der Waals surface area contributed by atoms with Crippen molar-refractivity contribution in [3.8, 4) is 0 Å². The van der Waals surface area contributed by atoms with Crippen LogP contribution in [0.3, 0.4) is 0 Å². The van der Waals surface area contributed by atoms with E-state index in [0.717, 1.165) is 19.6 Å². The minimum Gasteiger partial charge on any atom is -0.330 e. The number of nitrogens with two attached hydrogens (primary N) is 1. The summed E-state index contributed by atoms with van der Waals surface area (Å²) in [6.07, 6.45) is 0. The topological polar surface area (TPSA) is 38.0 Å². The number of hydrogen-bond acceptors (Lipinski definition) is 3. The lowest BCUT2D eigenvalue weighted by molar-refractivity contribution is 0.371. The summed E-state index contributed by atoms with van der Waals surface area (Å²) < 4.78 is 1.19. The lowest BCUT2D eigenvalue weighted by atomic mass is 9.96. The number of hydrogen-bond donors (Lipinski definition) is 2. The van der Waals surface area contributed by atoms with Crippen molar-refractivity contribution in [1.29, 1.82) is 0 Å². The van der Waals surface area contributed by atoms with E-state index in [9.17, 15) is 0 Å². The van der Waals surface area contributed by atoms with E-state index in [1.165, 1.54) is 8.66 Å². The van der Waals surface area contributed by atoms with Gasteiger partial charge in [0, 0.05) is 11.4 Å². The SMILES string of the molecule is CC(C)C(CN)CNCc1ccc(Br)s1. The van der Waals surface area contributed by atoms with Gasteiger partial charge in [0.2, 0.25) is 0 Å².